The van der Waals surface area contributed by atoms with E-state index in [1.54, 1.807) is 6.20 Å². The molecule has 0 fully saturated rings. The molecule has 0 bridgehead atoms. The minimum atomic E-state index is 0.863. The molecule has 0 aliphatic heterocycles. The molecular weight excluding hydrogens is 304 g/mol. The Bertz CT molecular complexity index is 519. The third-order valence-corrected chi connectivity index (χ3v) is 3.41. The van der Waals surface area contributed by atoms with Crippen LogP contribution in [0, 0.1) is 0 Å². The molecule has 0 amide bonds. The Labute approximate surface area is 122 Å². The first-order valence-electron chi connectivity index (χ1n) is 6.64. The number of halogens is 1. The van der Waals surface area contributed by atoms with Gasteiger partial charge >= 0.3 is 0 Å². The molecule has 4 nitrogen and oxygen atoms in total. The molecule has 1 N–H and O–H groups in total. The molecule has 0 saturated carbocycles. The smallest absolute Gasteiger partial charge is 0.153 e. The van der Waals surface area contributed by atoms with Crippen LogP contribution in [-0.2, 0) is 13.0 Å². The van der Waals surface area contributed by atoms with Crippen molar-refractivity contribution in [3.63, 3.8) is 0 Å². The maximum Gasteiger partial charge on any atom is 0.153 e. The highest BCUT2D eigenvalue weighted by atomic mass is 79.9. The van der Waals surface area contributed by atoms with Crippen LogP contribution in [0.2, 0.25) is 0 Å². The van der Waals surface area contributed by atoms with E-state index in [-0.39, 0.29) is 0 Å². The van der Waals surface area contributed by atoms with Gasteiger partial charge in [-0.05, 0) is 41.0 Å². The summed E-state index contributed by atoms with van der Waals surface area (Å²) in [4.78, 5) is 4.42. The van der Waals surface area contributed by atoms with Crippen LogP contribution in [0.15, 0.2) is 29.0 Å². The molecule has 0 aliphatic carbocycles. The summed E-state index contributed by atoms with van der Waals surface area (Å²) < 4.78 is 2.93. The number of nitrogens with one attached hydrogen (secondary N) is 1. The highest BCUT2D eigenvalue weighted by molar-refractivity contribution is 9.10. The van der Waals surface area contributed by atoms with Crippen molar-refractivity contribution in [1.82, 2.24) is 20.1 Å². The molecule has 19 heavy (non-hydrogen) atoms. The molecule has 0 aliphatic rings. The van der Waals surface area contributed by atoms with Crippen LogP contribution in [0.1, 0.15) is 31.5 Å². The van der Waals surface area contributed by atoms with E-state index in [2.05, 4.69) is 45.2 Å². The maximum atomic E-state index is 4.49. The van der Waals surface area contributed by atoms with Crippen molar-refractivity contribution in [1.29, 1.82) is 0 Å². The molecule has 2 heterocycles. The Kier molecular flexibility index (Phi) is 5.10. The van der Waals surface area contributed by atoms with E-state index in [0.717, 1.165) is 36.2 Å². The third-order valence-electron chi connectivity index (χ3n) is 2.94. The quantitative estimate of drug-likeness (QED) is 0.888. The highest BCUT2D eigenvalue weighted by Gasteiger charge is 2.11. The van der Waals surface area contributed by atoms with Gasteiger partial charge in [0.1, 0.15) is 0 Å². The summed E-state index contributed by atoms with van der Waals surface area (Å²) in [5.74, 6) is 0.870. The van der Waals surface area contributed by atoms with Crippen molar-refractivity contribution in [2.45, 2.75) is 33.2 Å². The summed E-state index contributed by atoms with van der Waals surface area (Å²) in [5.41, 5.74) is 2.51. The Hall–Kier alpha value is -1.20. The Morgan fingerprint density at radius 1 is 1.26 bits per heavy atom. The topological polar surface area (TPSA) is 42.7 Å². The third kappa shape index (κ3) is 3.42. The fraction of sp³-hybridized carbons (Fsp3) is 0.429. The molecule has 0 saturated heterocycles. The number of hydrogen-bond donors (Lipinski definition) is 1. The van der Waals surface area contributed by atoms with Gasteiger partial charge in [-0.15, -0.1) is 0 Å². The van der Waals surface area contributed by atoms with Crippen molar-refractivity contribution >= 4 is 15.9 Å². The van der Waals surface area contributed by atoms with Gasteiger partial charge in [-0.1, -0.05) is 20.3 Å². The van der Waals surface area contributed by atoms with E-state index >= 15 is 0 Å². The number of pyridine rings is 1. The average Bonchev–Trinajstić information content (AvgIpc) is 2.81. The average molecular weight is 323 g/mol. The minimum absolute atomic E-state index is 0.863. The number of nitrogens with zero attached hydrogens (tertiary/aromatic N) is 3. The highest BCUT2D eigenvalue weighted by Crippen LogP contribution is 2.17. The van der Waals surface area contributed by atoms with Gasteiger partial charge in [-0.2, -0.15) is 5.10 Å². The molecule has 5 heteroatoms. The van der Waals surface area contributed by atoms with Gasteiger partial charge in [0.2, 0.25) is 0 Å². The minimum Gasteiger partial charge on any atom is -0.313 e. The Balaban J connectivity index is 2.33. The van der Waals surface area contributed by atoms with Crippen molar-refractivity contribution < 1.29 is 0 Å². The number of aromatic nitrogens is 3. The number of rotatable bonds is 6. The van der Waals surface area contributed by atoms with E-state index in [0.29, 0.717) is 0 Å². The van der Waals surface area contributed by atoms with Gasteiger partial charge in [0.05, 0.1) is 11.9 Å². The summed E-state index contributed by atoms with van der Waals surface area (Å²) in [6.07, 6.45) is 5.86. The van der Waals surface area contributed by atoms with Crippen molar-refractivity contribution in [2.24, 2.45) is 0 Å². The molecule has 102 valence electrons. The molecular formula is C14H19BrN4. The van der Waals surface area contributed by atoms with Gasteiger partial charge in [0.25, 0.3) is 0 Å². The van der Waals surface area contributed by atoms with Gasteiger partial charge in [0, 0.05) is 22.8 Å². The second kappa shape index (κ2) is 6.82. The van der Waals surface area contributed by atoms with E-state index in [4.69, 9.17) is 0 Å². The molecule has 0 spiro atoms. The zero-order valence-electron chi connectivity index (χ0n) is 11.4. The largest absolute Gasteiger partial charge is 0.313 e. The first kappa shape index (κ1) is 14.2. The van der Waals surface area contributed by atoms with Crippen LogP contribution in [0.3, 0.4) is 0 Å². The van der Waals surface area contributed by atoms with Gasteiger partial charge < -0.3 is 5.32 Å². The summed E-state index contributed by atoms with van der Waals surface area (Å²) in [5, 5.41) is 7.84. The van der Waals surface area contributed by atoms with E-state index in [1.165, 1.54) is 11.3 Å². The lowest BCUT2D eigenvalue weighted by molar-refractivity contribution is 0.704. The molecule has 2 rings (SSSR count). The van der Waals surface area contributed by atoms with E-state index in [1.807, 2.05) is 23.0 Å². The number of hydrogen-bond acceptors (Lipinski definition) is 3. The summed E-state index contributed by atoms with van der Waals surface area (Å²) in [7, 11) is 0. The normalized spacial score (nSPS) is 10.9. The van der Waals surface area contributed by atoms with Crippen LogP contribution >= 0.6 is 15.9 Å². The summed E-state index contributed by atoms with van der Waals surface area (Å²) >= 11 is 3.40. The zero-order chi connectivity index (χ0) is 13.7. The maximum absolute atomic E-state index is 4.49. The molecule has 0 unspecified atom stereocenters. The van der Waals surface area contributed by atoms with Crippen LogP contribution in [0.25, 0.3) is 5.82 Å². The fourth-order valence-electron chi connectivity index (χ4n) is 2.01. The lowest BCUT2D eigenvalue weighted by atomic mass is 10.1. The van der Waals surface area contributed by atoms with Gasteiger partial charge in [-0.25, -0.2) is 9.67 Å². The lowest BCUT2D eigenvalue weighted by Crippen LogP contribution is -2.13. The molecule has 2 aromatic rings. The zero-order valence-corrected chi connectivity index (χ0v) is 12.9. The molecule has 0 radical (unpaired) electrons. The molecule has 0 atom stereocenters. The van der Waals surface area contributed by atoms with E-state index < -0.39 is 0 Å². The standard InChI is InChI=1S/C14H19BrN4/c1-3-5-13-11(8-16-4-2)9-18-19(13)14-7-6-12(15)10-17-14/h6-7,9-10,16H,3-5,8H2,1-2H3. The first-order valence-corrected chi connectivity index (χ1v) is 7.44. The van der Waals surface area contributed by atoms with Gasteiger partial charge in [0.15, 0.2) is 5.82 Å². The second-order valence-corrected chi connectivity index (χ2v) is 5.31. The van der Waals surface area contributed by atoms with Crippen LogP contribution < -0.4 is 5.32 Å². The fourth-order valence-corrected chi connectivity index (χ4v) is 2.24. The summed E-state index contributed by atoms with van der Waals surface area (Å²) in [6, 6.07) is 3.97. The predicted octanol–water partition coefficient (Wildman–Crippen LogP) is 3.09. The van der Waals surface area contributed by atoms with Crippen LogP contribution in [0.5, 0.6) is 0 Å². The van der Waals surface area contributed by atoms with Crippen molar-refractivity contribution in [3.05, 3.63) is 40.3 Å². The second-order valence-electron chi connectivity index (χ2n) is 4.39. The van der Waals surface area contributed by atoms with Gasteiger partial charge in [-0.3, -0.25) is 0 Å². The summed E-state index contributed by atoms with van der Waals surface area (Å²) in [6.45, 7) is 6.12. The van der Waals surface area contributed by atoms with E-state index in [9.17, 15) is 0 Å². The van der Waals surface area contributed by atoms with Crippen LogP contribution in [-0.4, -0.2) is 21.3 Å². The first-order chi connectivity index (χ1) is 9.26. The SMILES string of the molecule is CCCc1c(CNCC)cnn1-c1ccc(Br)cn1. The van der Waals surface area contributed by atoms with Crippen molar-refractivity contribution in [3.8, 4) is 5.82 Å². The predicted molar refractivity (Wildman–Crippen MR) is 80.4 cm³/mol. The molecule has 0 aromatic carbocycles. The Morgan fingerprint density at radius 3 is 2.74 bits per heavy atom. The lowest BCUT2D eigenvalue weighted by Gasteiger charge is -2.08. The molecule has 2 aromatic heterocycles. The Morgan fingerprint density at radius 2 is 2.11 bits per heavy atom. The van der Waals surface area contributed by atoms with Crippen LogP contribution in [0.4, 0.5) is 0 Å². The monoisotopic (exact) mass is 322 g/mol. The van der Waals surface area contributed by atoms with Crippen molar-refractivity contribution in [2.75, 3.05) is 6.54 Å².